The SMILES string of the molecule is COc1cc(-c2cccc(-c3ncnc(N4CCOCC4)n3)n2)cc(OC)c1O. The number of methoxy groups -OCH3 is 2. The van der Waals surface area contributed by atoms with Crippen LogP contribution in [0.5, 0.6) is 17.2 Å². The van der Waals surface area contributed by atoms with Crippen LogP contribution in [0.1, 0.15) is 0 Å². The largest absolute Gasteiger partial charge is 0.502 e. The average molecular weight is 395 g/mol. The van der Waals surface area contributed by atoms with Gasteiger partial charge in [0.05, 0.1) is 33.1 Å². The van der Waals surface area contributed by atoms with Crippen LogP contribution in [0.2, 0.25) is 0 Å². The van der Waals surface area contributed by atoms with Crippen LogP contribution in [0.4, 0.5) is 5.95 Å². The summed E-state index contributed by atoms with van der Waals surface area (Å²) < 4.78 is 15.9. The van der Waals surface area contributed by atoms with Crippen molar-refractivity contribution in [2.45, 2.75) is 0 Å². The molecule has 3 heterocycles. The van der Waals surface area contributed by atoms with Crippen molar-refractivity contribution >= 4 is 5.95 Å². The van der Waals surface area contributed by atoms with Crippen LogP contribution in [0.15, 0.2) is 36.7 Å². The second kappa shape index (κ2) is 8.27. The van der Waals surface area contributed by atoms with Crippen molar-refractivity contribution in [3.8, 4) is 40.0 Å². The molecule has 9 nitrogen and oxygen atoms in total. The molecule has 1 aromatic carbocycles. The van der Waals surface area contributed by atoms with Crippen molar-refractivity contribution in [1.29, 1.82) is 0 Å². The number of anilines is 1. The normalized spacial score (nSPS) is 13.9. The molecule has 0 radical (unpaired) electrons. The molecule has 3 aromatic rings. The number of nitrogens with zero attached hydrogens (tertiary/aromatic N) is 5. The van der Waals surface area contributed by atoms with Crippen molar-refractivity contribution in [2.75, 3.05) is 45.4 Å². The van der Waals surface area contributed by atoms with E-state index in [1.54, 1.807) is 12.1 Å². The van der Waals surface area contributed by atoms with Gasteiger partial charge >= 0.3 is 0 Å². The number of ether oxygens (including phenoxy) is 3. The maximum atomic E-state index is 10.1. The van der Waals surface area contributed by atoms with Crippen molar-refractivity contribution in [3.05, 3.63) is 36.7 Å². The van der Waals surface area contributed by atoms with E-state index in [4.69, 9.17) is 19.2 Å². The Morgan fingerprint density at radius 3 is 2.34 bits per heavy atom. The number of phenols is 1. The molecular weight excluding hydrogens is 374 g/mol. The quantitative estimate of drug-likeness (QED) is 0.696. The summed E-state index contributed by atoms with van der Waals surface area (Å²) >= 11 is 0. The zero-order valence-corrected chi connectivity index (χ0v) is 16.2. The summed E-state index contributed by atoms with van der Waals surface area (Å²) in [5.41, 5.74) is 2.03. The highest BCUT2D eigenvalue weighted by molar-refractivity contribution is 5.70. The molecule has 0 aliphatic carbocycles. The highest BCUT2D eigenvalue weighted by atomic mass is 16.5. The second-order valence-corrected chi connectivity index (χ2v) is 6.35. The Morgan fingerprint density at radius 1 is 0.966 bits per heavy atom. The number of aromatic nitrogens is 4. The Bertz CT molecular complexity index is 983. The molecule has 0 saturated carbocycles. The Balaban J connectivity index is 1.70. The predicted octanol–water partition coefficient (Wildman–Crippen LogP) is 2.16. The van der Waals surface area contributed by atoms with Crippen molar-refractivity contribution in [1.82, 2.24) is 19.9 Å². The fourth-order valence-corrected chi connectivity index (χ4v) is 3.09. The van der Waals surface area contributed by atoms with Gasteiger partial charge < -0.3 is 24.2 Å². The monoisotopic (exact) mass is 395 g/mol. The van der Waals surface area contributed by atoms with E-state index in [1.165, 1.54) is 20.5 Å². The maximum absolute atomic E-state index is 10.1. The van der Waals surface area contributed by atoms with E-state index in [9.17, 15) is 5.11 Å². The molecule has 1 saturated heterocycles. The maximum Gasteiger partial charge on any atom is 0.229 e. The van der Waals surface area contributed by atoms with E-state index < -0.39 is 0 Å². The molecule has 0 amide bonds. The van der Waals surface area contributed by atoms with Gasteiger partial charge in [-0.3, -0.25) is 0 Å². The van der Waals surface area contributed by atoms with Crippen LogP contribution in [0.3, 0.4) is 0 Å². The lowest BCUT2D eigenvalue weighted by Gasteiger charge is -2.26. The Hall–Kier alpha value is -3.46. The van der Waals surface area contributed by atoms with Crippen molar-refractivity contribution < 1.29 is 19.3 Å². The lowest BCUT2D eigenvalue weighted by molar-refractivity contribution is 0.122. The number of hydrogen-bond donors (Lipinski definition) is 1. The van der Waals surface area contributed by atoms with Crippen LogP contribution in [-0.2, 0) is 4.74 Å². The van der Waals surface area contributed by atoms with Crippen LogP contribution in [-0.4, -0.2) is 65.6 Å². The highest BCUT2D eigenvalue weighted by Crippen LogP contribution is 2.40. The number of hydrogen-bond acceptors (Lipinski definition) is 9. The molecular formula is C20H21N5O4. The van der Waals surface area contributed by atoms with Gasteiger partial charge in [-0.05, 0) is 24.3 Å². The third-order valence-electron chi connectivity index (χ3n) is 4.61. The second-order valence-electron chi connectivity index (χ2n) is 6.35. The van der Waals surface area contributed by atoms with Gasteiger partial charge in [0.2, 0.25) is 11.7 Å². The summed E-state index contributed by atoms with van der Waals surface area (Å²) in [7, 11) is 2.97. The molecule has 4 rings (SSSR count). The van der Waals surface area contributed by atoms with E-state index in [1.807, 2.05) is 18.2 Å². The topological polar surface area (TPSA) is 103 Å². The summed E-state index contributed by atoms with van der Waals surface area (Å²) in [6.07, 6.45) is 1.49. The summed E-state index contributed by atoms with van der Waals surface area (Å²) in [5.74, 6) is 1.66. The van der Waals surface area contributed by atoms with Crippen LogP contribution in [0, 0.1) is 0 Å². The number of aromatic hydroxyl groups is 1. The van der Waals surface area contributed by atoms with Gasteiger partial charge in [-0.2, -0.15) is 4.98 Å². The number of phenolic OH excluding ortho intramolecular Hbond substituents is 1. The Kier molecular flexibility index (Phi) is 5.39. The molecule has 0 unspecified atom stereocenters. The van der Waals surface area contributed by atoms with Gasteiger partial charge in [0.1, 0.15) is 12.0 Å². The van der Waals surface area contributed by atoms with E-state index in [-0.39, 0.29) is 5.75 Å². The van der Waals surface area contributed by atoms with Gasteiger partial charge in [-0.25, -0.2) is 15.0 Å². The summed E-state index contributed by atoms with van der Waals surface area (Å²) in [5, 5.41) is 10.1. The van der Waals surface area contributed by atoms with Gasteiger partial charge in [0.25, 0.3) is 0 Å². The molecule has 1 aliphatic rings. The lowest BCUT2D eigenvalue weighted by atomic mass is 10.1. The van der Waals surface area contributed by atoms with E-state index in [0.29, 0.717) is 47.9 Å². The van der Waals surface area contributed by atoms with Crippen LogP contribution >= 0.6 is 0 Å². The van der Waals surface area contributed by atoms with Gasteiger partial charge in [-0.1, -0.05) is 6.07 Å². The minimum Gasteiger partial charge on any atom is -0.502 e. The first kappa shape index (κ1) is 18.9. The third kappa shape index (κ3) is 3.90. The third-order valence-corrected chi connectivity index (χ3v) is 4.61. The fourth-order valence-electron chi connectivity index (χ4n) is 3.09. The van der Waals surface area contributed by atoms with E-state index in [0.717, 1.165) is 18.7 Å². The van der Waals surface area contributed by atoms with Crippen molar-refractivity contribution in [3.63, 3.8) is 0 Å². The summed E-state index contributed by atoms with van der Waals surface area (Å²) in [6.45, 7) is 2.78. The molecule has 0 bridgehead atoms. The van der Waals surface area contributed by atoms with E-state index >= 15 is 0 Å². The number of rotatable bonds is 5. The first-order chi connectivity index (χ1) is 14.2. The van der Waals surface area contributed by atoms with Crippen LogP contribution < -0.4 is 14.4 Å². The molecule has 9 heteroatoms. The molecule has 0 atom stereocenters. The van der Waals surface area contributed by atoms with Crippen molar-refractivity contribution in [2.24, 2.45) is 0 Å². The Labute approximate surface area is 168 Å². The minimum atomic E-state index is -0.0532. The molecule has 150 valence electrons. The first-order valence-corrected chi connectivity index (χ1v) is 9.14. The number of morpholine rings is 1. The molecule has 1 fully saturated rings. The van der Waals surface area contributed by atoms with Crippen LogP contribution in [0.25, 0.3) is 22.8 Å². The summed E-state index contributed by atoms with van der Waals surface area (Å²) in [6, 6.07) is 8.99. The molecule has 2 aromatic heterocycles. The molecule has 0 spiro atoms. The molecule has 29 heavy (non-hydrogen) atoms. The predicted molar refractivity (Wildman–Crippen MR) is 106 cm³/mol. The zero-order chi connectivity index (χ0) is 20.2. The summed E-state index contributed by atoms with van der Waals surface area (Å²) in [4.78, 5) is 19.9. The lowest BCUT2D eigenvalue weighted by Crippen LogP contribution is -2.37. The van der Waals surface area contributed by atoms with Gasteiger partial charge in [-0.15, -0.1) is 0 Å². The standard InChI is InChI=1S/C20H21N5O4/c1-27-16-10-13(11-17(28-2)18(16)26)14-4-3-5-15(23-14)19-21-12-22-20(24-19)25-6-8-29-9-7-25/h3-5,10-12,26H,6-9H2,1-2H3. The molecule has 1 aliphatic heterocycles. The van der Waals surface area contributed by atoms with Gasteiger partial charge in [0, 0.05) is 18.7 Å². The van der Waals surface area contributed by atoms with Gasteiger partial charge in [0.15, 0.2) is 17.3 Å². The number of benzene rings is 1. The first-order valence-electron chi connectivity index (χ1n) is 9.14. The smallest absolute Gasteiger partial charge is 0.229 e. The minimum absolute atomic E-state index is 0.0532. The molecule has 1 N–H and O–H groups in total. The van der Waals surface area contributed by atoms with E-state index in [2.05, 4.69) is 19.9 Å². The fraction of sp³-hybridized carbons (Fsp3) is 0.300. The highest BCUT2D eigenvalue weighted by Gasteiger charge is 2.17. The number of pyridine rings is 1. The zero-order valence-electron chi connectivity index (χ0n) is 16.2. The Morgan fingerprint density at radius 2 is 1.66 bits per heavy atom. The average Bonchev–Trinajstić information content (AvgIpc) is 2.80.